The molecule has 156 valence electrons. The van der Waals surface area contributed by atoms with E-state index in [0.29, 0.717) is 22.6 Å². The number of aromatic nitrogens is 1. The van der Waals surface area contributed by atoms with Crippen molar-refractivity contribution in [3.8, 4) is 5.75 Å². The number of aliphatic hydroxyl groups excluding tert-OH is 1. The highest BCUT2D eigenvalue weighted by molar-refractivity contribution is 6.51. The van der Waals surface area contributed by atoms with Gasteiger partial charge in [0.05, 0.1) is 18.7 Å². The van der Waals surface area contributed by atoms with Gasteiger partial charge in [0, 0.05) is 23.6 Å². The summed E-state index contributed by atoms with van der Waals surface area (Å²) in [6.07, 6.45) is 4.07. The van der Waals surface area contributed by atoms with Crippen molar-refractivity contribution in [2.45, 2.75) is 19.4 Å². The van der Waals surface area contributed by atoms with E-state index in [0.717, 1.165) is 12.0 Å². The maximum Gasteiger partial charge on any atom is 0.300 e. The van der Waals surface area contributed by atoms with Gasteiger partial charge in [-0.1, -0.05) is 19.1 Å². The van der Waals surface area contributed by atoms with Crippen LogP contribution in [-0.2, 0) is 16.0 Å². The molecule has 1 aromatic heterocycles. The largest absolute Gasteiger partial charge is 0.507 e. The molecule has 6 nitrogen and oxygen atoms in total. The molecule has 1 saturated heterocycles. The number of hydrogen-bond acceptors (Lipinski definition) is 5. The van der Waals surface area contributed by atoms with Crippen molar-refractivity contribution in [3.05, 3.63) is 95.3 Å². The molecule has 0 saturated carbocycles. The molecule has 2 aromatic carbocycles. The summed E-state index contributed by atoms with van der Waals surface area (Å²) in [7, 11) is 1.55. The molecule has 1 aliphatic rings. The van der Waals surface area contributed by atoms with Gasteiger partial charge in [-0.15, -0.1) is 0 Å². The smallest absolute Gasteiger partial charge is 0.300 e. The molecular weight excluding hydrogens is 392 g/mol. The minimum Gasteiger partial charge on any atom is -0.507 e. The zero-order chi connectivity index (χ0) is 22.0. The Morgan fingerprint density at radius 1 is 1.00 bits per heavy atom. The summed E-state index contributed by atoms with van der Waals surface area (Å²) in [6.45, 7) is 2.05. The van der Waals surface area contributed by atoms with E-state index in [4.69, 9.17) is 4.74 Å². The number of amides is 1. The number of aryl methyl sites for hydroxylation is 1. The van der Waals surface area contributed by atoms with Crippen LogP contribution in [0.2, 0.25) is 0 Å². The van der Waals surface area contributed by atoms with Crippen LogP contribution in [0.15, 0.2) is 78.6 Å². The summed E-state index contributed by atoms with van der Waals surface area (Å²) >= 11 is 0. The normalized spacial score (nSPS) is 17.7. The topological polar surface area (TPSA) is 79.7 Å². The molecule has 1 atom stereocenters. The summed E-state index contributed by atoms with van der Waals surface area (Å²) in [4.78, 5) is 31.6. The second-order valence-electron chi connectivity index (χ2n) is 7.20. The molecule has 1 unspecified atom stereocenters. The molecule has 1 aliphatic heterocycles. The molecule has 0 radical (unpaired) electrons. The Morgan fingerprint density at radius 3 is 2.23 bits per heavy atom. The number of Topliss-reactive ketones (excluding diaryl/α,β-unsaturated/α-hetero) is 1. The molecule has 2 heterocycles. The standard InChI is InChI=1S/C25H22N2O4/c1-3-16-4-8-19(9-5-16)27-22(17-12-14-26-15-13-17)21(24(29)25(27)30)23(28)18-6-10-20(31-2)11-7-18/h4-15,22,28H,3H2,1-2H3/b23-21-. The fourth-order valence-corrected chi connectivity index (χ4v) is 3.76. The van der Waals surface area contributed by atoms with Gasteiger partial charge in [0.15, 0.2) is 0 Å². The predicted octanol–water partition coefficient (Wildman–Crippen LogP) is 4.28. The van der Waals surface area contributed by atoms with Crippen molar-refractivity contribution in [3.63, 3.8) is 0 Å². The Labute approximate surface area is 180 Å². The van der Waals surface area contributed by atoms with E-state index in [1.165, 1.54) is 4.90 Å². The first-order valence-electron chi connectivity index (χ1n) is 9.99. The van der Waals surface area contributed by atoms with Gasteiger partial charge >= 0.3 is 0 Å². The van der Waals surface area contributed by atoms with Crippen LogP contribution >= 0.6 is 0 Å². The zero-order valence-corrected chi connectivity index (χ0v) is 17.3. The molecule has 3 aromatic rings. The number of aliphatic hydroxyl groups is 1. The van der Waals surface area contributed by atoms with Crippen molar-refractivity contribution < 1.29 is 19.4 Å². The molecule has 1 amide bonds. The van der Waals surface area contributed by atoms with E-state index < -0.39 is 17.7 Å². The number of carbonyl (C=O) groups is 2. The van der Waals surface area contributed by atoms with E-state index in [1.807, 2.05) is 31.2 Å². The number of ketones is 1. The highest BCUT2D eigenvalue weighted by Crippen LogP contribution is 2.42. The number of benzene rings is 2. The Hall–Kier alpha value is -3.93. The average Bonchev–Trinajstić information content (AvgIpc) is 3.09. The highest BCUT2D eigenvalue weighted by Gasteiger charge is 2.46. The fourth-order valence-electron chi connectivity index (χ4n) is 3.76. The third kappa shape index (κ3) is 3.68. The number of ether oxygens (including phenoxy) is 1. The van der Waals surface area contributed by atoms with Crippen molar-refractivity contribution in [1.29, 1.82) is 0 Å². The number of pyridine rings is 1. The lowest BCUT2D eigenvalue weighted by molar-refractivity contribution is -0.132. The monoisotopic (exact) mass is 414 g/mol. The van der Waals surface area contributed by atoms with E-state index in [-0.39, 0.29) is 11.3 Å². The minimum atomic E-state index is -0.766. The van der Waals surface area contributed by atoms with Crippen LogP contribution in [0.4, 0.5) is 5.69 Å². The van der Waals surface area contributed by atoms with Crippen LogP contribution in [0.3, 0.4) is 0 Å². The van der Waals surface area contributed by atoms with Gasteiger partial charge in [-0.25, -0.2) is 0 Å². The van der Waals surface area contributed by atoms with E-state index in [1.54, 1.807) is 55.9 Å². The molecule has 0 aliphatic carbocycles. The van der Waals surface area contributed by atoms with Crippen molar-refractivity contribution in [2.24, 2.45) is 0 Å². The van der Waals surface area contributed by atoms with E-state index in [9.17, 15) is 14.7 Å². The Bertz CT molecular complexity index is 1140. The van der Waals surface area contributed by atoms with Crippen LogP contribution < -0.4 is 9.64 Å². The van der Waals surface area contributed by atoms with Gasteiger partial charge in [-0.2, -0.15) is 0 Å². The van der Waals surface area contributed by atoms with Crippen LogP contribution in [0.25, 0.3) is 5.76 Å². The third-order valence-corrected chi connectivity index (χ3v) is 5.45. The molecule has 4 rings (SSSR count). The first-order chi connectivity index (χ1) is 15.0. The summed E-state index contributed by atoms with van der Waals surface area (Å²) in [6, 6.07) is 16.9. The summed E-state index contributed by atoms with van der Waals surface area (Å²) in [5.41, 5.74) is 2.87. The third-order valence-electron chi connectivity index (χ3n) is 5.45. The van der Waals surface area contributed by atoms with Crippen LogP contribution in [-0.4, -0.2) is 28.9 Å². The SMILES string of the molecule is CCc1ccc(N2C(=O)C(=O)/C(=C(\O)c3ccc(OC)cc3)C2c2ccncc2)cc1. The van der Waals surface area contributed by atoms with Gasteiger partial charge in [0.25, 0.3) is 11.7 Å². The molecule has 0 spiro atoms. The van der Waals surface area contributed by atoms with Crippen LogP contribution in [0.5, 0.6) is 5.75 Å². The molecule has 0 bridgehead atoms. The molecule has 1 N–H and O–H groups in total. The Morgan fingerprint density at radius 2 is 1.65 bits per heavy atom. The summed E-state index contributed by atoms with van der Waals surface area (Å²) in [5.74, 6) is -1.01. The summed E-state index contributed by atoms with van der Waals surface area (Å²) < 4.78 is 5.16. The van der Waals surface area contributed by atoms with Crippen molar-refractivity contribution in [2.75, 3.05) is 12.0 Å². The van der Waals surface area contributed by atoms with Crippen LogP contribution in [0.1, 0.15) is 29.7 Å². The molecule has 6 heteroatoms. The number of methoxy groups -OCH3 is 1. The number of rotatable bonds is 5. The average molecular weight is 414 g/mol. The van der Waals surface area contributed by atoms with Gasteiger partial charge < -0.3 is 9.84 Å². The van der Waals surface area contributed by atoms with Crippen LogP contribution in [0, 0.1) is 0 Å². The Balaban J connectivity index is 1.88. The number of carbonyl (C=O) groups excluding carboxylic acids is 2. The minimum absolute atomic E-state index is 0.0425. The number of anilines is 1. The van der Waals surface area contributed by atoms with Gasteiger partial charge in [-0.3, -0.25) is 19.5 Å². The predicted molar refractivity (Wildman–Crippen MR) is 118 cm³/mol. The molecular formula is C25H22N2O4. The molecule has 1 fully saturated rings. The van der Waals surface area contributed by atoms with Crippen molar-refractivity contribution >= 4 is 23.1 Å². The quantitative estimate of drug-likeness (QED) is 0.383. The lowest BCUT2D eigenvalue weighted by atomic mass is 9.95. The second kappa shape index (κ2) is 8.44. The lowest BCUT2D eigenvalue weighted by Crippen LogP contribution is -2.29. The van der Waals surface area contributed by atoms with E-state index >= 15 is 0 Å². The maximum atomic E-state index is 13.1. The Kier molecular flexibility index (Phi) is 5.54. The maximum absolute atomic E-state index is 13.1. The van der Waals surface area contributed by atoms with Crippen molar-refractivity contribution in [1.82, 2.24) is 4.98 Å². The van der Waals surface area contributed by atoms with Gasteiger partial charge in [0.1, 0.15) is 11.5 Å². The summed E-state index contributed by atoms with van der Waals surface area (Å²) in [5, 5.41) is 11.1. The highest BCUT2D eigenvalue weighted by atomic mass is 16.5. The van der Waals surface area contributed by atoms with Gasteiger partial charge in [0.2, 0.25) is 0 Å². The fraction of sp³-hybridized carbons (Fsp3) is 0.160. The molecule has 31 heavy (non-hydrogen) atoms. The lowest BCUT2D eigenvalue weighted by Gasteiger charge is -2.25. The second-order valence-corrected chi connectivity index (χ2v) is 7.20. The first-order valence-corrected chi connectivity index (χ1v) is 9.99. The first kappa shape index (κ1) is 20.3. The number of hydrogen-bond donors (Lipinski definition) is 1. The van der Waals surface area contributed by atoms with E-state index in [2.05, 4.69) is 4.98 Å². The van der Waals surface area contributed by atoms with Gasteiger partial charge in [-0.05, 0) is 66.1 Å². The zero-order valence-electron chi connectivity index (χ0n) is 17.3. The number of nitrogens with zero attached hydrogens (tertiary/aromatic N) is 2.